The maximum Gasteiger partial charge on any atom is 0.411 e. The fraction of sp³-hybridized carbons (Fsp3) is 0.581. The third-order valence-electron chi connectivity index (χ3n) is 9.19. The van der Waals surface area contributed by atoms with E-state index < -0.39 is 50.6 Å². The molecule has 4 aliphatic rings. The Balaban J connectivity index is 1.35. The molecule has 0 spiro atoms. The molecule has 0 unspecified atom stereocenters. The summed E-state index contributed by atoms with van der Waals surface area (Å²) in [4.78, 5) is 55.3. The minimum atomic E-state index is -3.80. The first kappa shape index (κ1) is 30.7. The van der Waals surface area contributed by atoms with E-state index in [9.17, 15) is 32.9 Å². The minimum Gasteiger partial charge on any atom is -0.446 e. The highest BCUT2D eigenvalue weighted by Gasteiger charge is 2.61. The van der Waals surface area contributed by atoms with Gasteiger partial charge in [0.05, 0.1) is 27.8 Å². The summed E-state index contributed by atoms with van der Waals surface area (Å²) in [6, 6.07) is 7.03. The molecular formula is C31H38N4O7S. The number of amides is 3. The van der Waals surface area contributed by atoms with Gasteiger partial charge >= 0.3 is 6.09 Å². The molecule has 0 bridgehead atoms. The van der Waals surface area contributed by atoms with Crippen molar-refractivity contribution >= 4 is 39.4 Å². The number of hydrogen-bond acceptors (Lipinski definition) is 8. The predicted octanol–water partition coefficient (Wildman–Crippen LogP) is 3.58. The molecular weight excluding hydrogens is 572 g/mol. The molecule has 1 aliphatic heterocycles. The number of ketones is 1. The zero-order chi connectivity index (χ0) is 30.9. The van der Waals surface area contributed by atoms with Crippen LogP contribution in [0.25, 0.3) is 0 Å². The van der Waals surface area contributed by atoms with Gasteiger partial charge in [-0.05, 0) is 81.9 Å². The Kier molecular flexibility index (Phi) is 8.65. The molecule has 43 heavy (non-hydrogen) atoms. The number of nitrogens with one attached hydrogen (secondary N) is 2. The van der Waals surface area contributed by atoms with Crippen molar-refractivity contribution in [1.29, 1.82) is 5.26 Å². The van der Waals surface area contributed by atoms with Crippen LogP contribution in [0.4, 0.5) is 10.5 Å². The number of hydrogen-bond donors (Lipinski definition) is 2. The molecule has 11 nitrogen and oxygen atoms in total. The summed E-state index contributed by atoms with van der Waals surface area (Å²) in [5, 5.41) is 11.4. The number of ether oxygens (including phenoxy) is 1. The standard InChI is InChI=1S/C31H38N4O7S/c1-19-8-9-20(18-32)26(13-19)33-30(39)42-22-14-24-25(15-22)28(37)35(2)12-6-4-3-5-7-21-16-31(21,17-27(24)36)29(38)34-43(40,41)23-10-11-23/h5,7-9,13,21-25H,3-4,6,10-12,14-17H2,1-2H3,(H,33,39)(H,34,38)/b7-5-/t21-,22-,24-,25-,31-/m1/s1. The lowest BCUT2D eigenvalue weighted by molar-refractivity contribution is -0.140. The topological polar surface area (TPSA) is 163 Å². The van der Waals surface area contributed by atoms with Gasteiger partial charge in [-0.1, -0.05) is 18.2 Å². The van der Waals surface area contributed by atoms with Crippen molar-refractivity contribution in [2.24, 2.45) is 23.2 Å². The molecule has 5 rings (SSSR count). The van der Waals surface area contributed by atoms with E-state index in [0.717, 1.165) is 24.8 Å². The van der Waals surface area contributed by atoms with Crippen molar-refractivity contribution in [2.75, 3.05) is 18.9 Å². The van der Waals surface area contributed by atoms with E-state index in [-0.39, 0.29) is 42.4 Å². The normalized spacial score (nSPS) is 30.2. The molecule has 2 N–H and O–H groups in total. The second kappa shape index (κ2) is 12.1. The average molecular weight is 611 g/mol. The largest absolute Gasteiger partial charge is 0.446 e. The van der Waals surface area contributed by atoms with Crippen molar-refractivity contribution in [2.45, 2.75) is 76.1 Å². The summed E-state index contributed by atoms with van der Waals surface area (Å²) in [6.07, 6.45) is 6.12. The third-order valence-corrected chi connectivity index (χ3v) is 11.0. The Morgan fingerprint density at radius 2 is 1.88 bits per heavy atom. The number of anilines is 1. The molecule has 0 saturated heterocycles. The fourth-order valence-corrected chi connectivity index (χ4v) is 7.78. The molecule has 3 fully saturated rings. The zero-order valence-corrected chi connectivity index (χ0v) is 25.3. The molecule has 1 aromatic carbocycles. The van der Waals surface area contributed by atoms with Gasteiger partial charge in [0.25, 0.3) is 0 Å². The number of carbonyl (C=O) groups excluding carboxylic acids is 4. The van der Waals surface area contributed by atoms with Crippen LogP contribution in [0.5, 0.6) is 0 Å². The van der Waals surface area contributed by atoms with E-state index in [1.807, 2.05) is 25.1 Å². The Bertz CT molecular complexity index is 1500. The van der Waals surface area contributed by atoms with E-state index in [4.69, 9.17) is 4.74 Å². The van der Waals surface area contributed by atoms with Gasteiger partial charge in [0.2, 0.25) is 21.8 Å². The van der Waals surface area contributed by atoms with Crippen LogP contribution in [0.2, 0.25) is 0 Å². The van der Waals surface area contributed by atoms with E-state index in [0.29, 0.717) is 31.5 Å². The van der Waals surface area contributed by atoms with Gasteiger partial charge in [0.15, 0.2) is 0 Å². The number of Topliss-reactive ketones (excluding diaryl/α,β-unsaturated/α-hetero) is 1. The Morgan fingerprint density at radius 3 is 2.60 bits per heavy atom. The third kappa shape index (κ3) is 6.77. The summed E-state index contributed by atoms with van der Waals surface area (Å²) in [6.45, 7) is 2.35. The molecule has 230 valence electrons. The number of nitriles is 1. The van der Waals surface area contributed by atoms with Crippen LogP contribution in [0.15, 0.2) is 30.4 Å². The fourth-order valence-electron chi connectivity index (χ4n) is 6.40. The van der Waals surface area contributed by atoms with E-state index in [2.05, 4.69) is 10.0 Å². The second-order valence-corrected chi connectivity index (χ2v) is 14.4. The van der Waals surface area contributed by atoms with Gasteiger partial charge in [-0.15, -0.1) is 0 Å². The molecule has 3 saturated carbocycles. The molecule has 0 aromatic heterocycles. The number of allylic oxidation sites excluding steroid dienone is 2. The van der Waals surface area contributed by atoms with Crippen LogP contribution in [-0.2, 0) is 29.1 Å². The second-order valence-electron chi connectivity index (χ2n) is 12.5. The van der Waals surface area contributed by atoms with Crippen molar-refractivity contribution in [3.63, 3.8) is 0 Å². The number of sulfonamides is 1. The quantitative estimate of drug-likeness (QED) is 0.478. The first-order chi connectivity index (χ1) is 20.4. The lowest BCUT2D eigenvalue weighted by Gasteiger charge is -2.26. The van der Waals surface area contributed by atoms with Crippen molar-refractivity contribution in [3.8, 4) is 6.07 Å². The van der Waals surface area contributed by atoms with E-state index in [1.54, 1.807) is 30.1 Å². The van der Waals surface area contributed by atoms with Crippen LogP contribution in [-0.4, -0.2) is 62.0 Å². The Hall–Kier alpha value is -3.72. The molecule has 3 aliphatic carbocycles. The average Bonchev–Trinajstić information content (AvgIpc) is 3.87. The van der Waals surface area contributed by atoms with Gasteiger partial charge in [-0.2, -0.15) is 5.26 Å². The summed E-state index contributed by atoms with van der Waals surface area (Å²) in [7, 11) is -2.10. The Morgan fingerprint density at radius 1 is 1.14 bits per heavy atom. The summed E-state index contributed by atoms with van der Waals surface area (Å²) in [5.41, 5.74) is 0.232. The van der Waals surface area contributed by atoms with Gasteiger partial charge in [-0.3, -0.25) is 24.4 Å². The highest BCUT2D eigenvalue weighted by Crippen LogP contribution is 2.58. The van der Waals surface area contributed by atoms with Crippen molar-refractivity contribution < 1.29 is 32.3 Å². The van der Waals surface area contributed by atoms with Gasteiger partial charge in [-0.25, -0.2) is 13.2 Å². The van der Waals surface area contributed by atoms with Crippen LogP contribution in [0.3, 0.4) is 0 Å². The first-order valence-corrected chi connectivity index (χ1v) is 16.5. The smallest absolute Gasteiger partial charge is 0.411 e. The molecule has 12 heteroatoms. The molecule has 1 aromatic rings. The van der Waals surface area contributed by atoms with Crippen LogP contribution in [0, 0.1) is 41.4 Å². The van der Waals surface area contributed by atoms with Crippen molar-refractivity contribution in [3.05, 3.63) is 41.5 Å². The zero-order valence-electron chi connectivity index (χ0n) is 24.5. The molecule has 0 radical (unpaired) electrons. The van der Waals surface area contributed by atoms with E-state index in [1.165, 1.54) is 0 Å². The van der Waals surface area contributed by atoms with Gasteiger partial charge < -0.3 is 9.64 Å². The highest BCUT2D eigenvalue weighted by atomic mass is 32.2. The van der Waals surface area contributed by atoms with Crippen molar-refractivity contribution in [1.82, 2.24) is 9.62 Å². The van der Waals surface area contributed by atoms with Crippen LogP contribution >= 0.6 is 0 Å². The number of nitrogens with zero attached hydrogens (tertiary/aromatic N) is 2. The Labute approximate surface area is 252 Å². The lowest BCUT2D eigenvalue weighted by atomic mass is 9.84. The minimum absolute atomic E-state index is 0.105. The number of aryl methyl sites for hydroxylation is 1. The van der Waals surface area contributed by atoms with Crippen LogP contribution < -0.4 is 10.0 Å². The highest BCUT2D eigenvalue weighted by molar-refractivity contribution is 7.90. The van der Waals surface area contributed by atoms with Gasteiger partial charge in [0, 0.05) is 25.9 Å². The van der Waals surface area contributed by atoms with E-state index >= 15 is 0 Å². The number of benzene rings is 1. The first-order valence-electron chi connectivity index (χ1n) is 14.9. The van der Waals surface area contributed by atoms with Gasteiger partial charge in [0.1, 0.15) is 18.0 Å². The summed E-state index contributed by atoms with van der Waals surface area (Å²) >= 11 is 0. The lowest BCUT2D eigenvalue weighted by Crippen LogP contribution is -2.42. The predicted molar refractivity (Wildman–Crippen MR) is 157 cm³/mol. The monoisotopic (exact) mass is 610 g/mol. The summed E-state index contributed by atoms with van der Waals surface area (Å²) in [5.74, 6) is -2.99. The molecule has 3 amide bonds. The maximum absolute atomic E-state index is 13.9. The number of carbonyl (C=O) groups is 4. The number of fused-ring (bicyclic) bond motifs is 2. The number of rotatable bonds is 5. The maximum atomic E-state index is 13.9. The van der Waals surface area contributed by atoms with Crippen LogP contribution in [0.1, 0.15) is 68.9 Å². The molecule has 1 heterocycles. The summed E-state index contributed by atoms with van der Waals surface area (Å²) < 4.78 is 33.1. The SMILES string of the molecule is Cc1ccc(C#N)c(NC(=O)O[C@@H]2C[C@H]3C(=O)C[C@]4(C(=O)NS(=O)(=O)C5CC5)C[C@H]4/C=C\CCCCN(C)C(=O)[C@@H]3C2)c1. The molecule has 5 atom stereocenters.